The summed E-state index contributed by atoms with van der Waals surface area (Å²) < 4.78 is 75.1. The summed E-state index contributed by atoms with van der Waals surface area (Å²) in [6, 6.07) is 35.1. The highest BCUT2D eigenvalue weighted by atomic mass is 79.9. The molecule has 0 radical (unpaired) electrons. The third kappa shape index (κ3) is 31.8. The van der Waals surface area contributed by atoms with E-state index in [1.54, 1.807) is 11.0 Å². The first-order valence-corrected chi connectivity index (χ1v) is 62.7. The third-order valence-electron chi connectivity index (χ3n) is 33.9. The van der Waals surface area contributed by atoms with E-state index < -0.39 is 21.3 Å². The van der Waals surface area contributed by atoms with E-state index in [4.69, 9.17) is 67.5 Å². The van der Waals surface area contributed by atoms with Crippen molar-refractivity contribution in [3.63, 3.8) is 0 Å². The highest BCUT2D eigenvalue weighted by Crippen LogP contribution is 2.48. The molecule has 6 atom stereocenters. The molecule has 37 heteroatoms. The minimum atomic E-state index is -1.46. The lowest BCUT2D eigenvalue weighted by Gasteiger charge is -2.36. The Morgan fingerprint density at radius 1 is 0.445 bits per heavy atom. The minimum absolute atomic E-state index is 0.00837. The number of benzene rings is 4. The summed E-state index contributed by atoms with van der Waals surface area (Å²) in [6.07, 6.45) is 22.3. The van der Waals surface area contributed by atoms with Crippen LogP contribution in [0.1, 0.15) is 319 Å². The second-order valence-electron chi connectivity index (χ2n) is 48.5. The number of nitrogens with one attached hydrogen (secondary N) is 3. The molecule has 3 amide bonds. The number of rotatable bonds is 25. The van der Waals surface area contributed by atoms with E-state index in [-0.39, 0.29) is 151 Å². The molecule has 0 spiro atoms. The largest absolute Gasteiger partial charge is 0.482 e. The Morgan fingerprint density at radius 2 is 0.767 bits per heavy atom. The molecule has 11 fully saturated rings. The predicted octanol–water partition coefficient (Wildman–Crippen LogP) is 20.5. The van der Waals surface area contributed by atoms with E-state index in [9.17, 15) is 24.4 Å². The molecule has 5 N–H and O–H groups in total. The molecule has 24 nitrogen and oxygen atoms in total. The van der Waals surface area contributed by atoms with E-state index in [0.717, 1.165) is 151 Å². The minimum Gasteiger partial charge on any atom is -0.426 e. The van der Waals surface area contributed by atoms with Gasteiger partial charge in [0.15, 0.2) is 0 Å². The van der Waals surface area contributed by atoms with Gasteiger partial charge in [0.1, 0.15) is 8.24 Å². The van der Waals surface area contributed by atoms with E-state index in [0.29, 0.717) is 48.6 Å². The van der Waals surface area contributed by atoms with Crippen molar-refractivity contribution in [2.75, 3.05) is 80.2 Å². The molecule has 4 aromatic carbocycles. The molecule has 812 valence electrons. The number of hydrogen-bond donors (Lipinski definition) is 5. The fraction of sp³-hybridized carbons (Fsp3) is 0.734. The van der Waals surface area contributed by atoms with Crippen molar-refractivity contribution in [2.45, 2.75) is 428 Å². The molecule has 4 aromatic rings. The van der Waals surface area contributed by atoms with E-state index >= 15 is 0 Å². The maximum Gasteiger partial charge on any atom is 0.482 e. The van der Waals surface area contributed by atoms with Gasteiger partial charge in [-0.3, -0.25) is 14.4 Å². The van der Waals surface area contributed by atoms with Gasteiger partial charge >= 0.3 is 49.8 Å². The van der Waals surface area contributed by atoms with Crippen LogP contribution >= 0.6 is 75.3 Å². The lowest BCUT2D eigenvalue weighted by Crippen LogP contribution is -2.55. The number of allylic oxidation sites excluding steroid dienone is 1. The molecule has 11 heterocycles. The van der Waals surface area contributed by atoms with Crippen LogP contribution in [-0.2, 0) is 95.9 Å². The topological polar surface area (TPSA) is 251 Å². The zero-order valence-electron chi connectivity index (χ0n) is 93.7. The molecular weight excluding hydrogens is 2140 g/mol. The normalized spacial score (nSPS) is 25.4. The van der Waals surface area contributed by atoms with Crippen molar-refractivity contribution in [2.24, 2.45) is 0 Å². The third-order valence-corrected chi connectivity index (χ3v) is 38.7. The van der Waals surface area contributed by atoms with Crippen LogP contribution < -0.4 is 16.0 Å². The smallest absolute Gasteiger partial charge is 0.426 e. The van der Waals surface area contributed by atoms with E-state index in [1.165, 1.54) is 70.3 Å². The van der Waals surface area contributed by atoms with Gasteiger partial charge in [0, 0.05) is 59.3 Å². The van der Waals surface area contributed by atoms with Gasteiger partial charge in [0.25, 0.3) is 0 Å². The lowest BCUT2D eigenvalue weighted by atomic mass is 9.76. The maximum atomic E-state index is 13.2. The number of carbonyl (C=O) groups excluding carboxylic acids is 3. The molecule has 0 aromatic heterocycles. The number of fused-ring (bicyclic) bond motifs is 4. The van der Waals surface area contributed by atoms with Gasteiger partial charge in [0.05, 0.1) is 109 Å². The number of alkyl halides is 5. The molecular formula is C109H179B7Br4ClN7O17Si. The summed E-state index contributed by atoms with van der Waals surface area (Å²) in [7, 11) is -3.82. The number of likely N-dealkylation sites (tertiary alicyclic amines) is 3. The highest BCUT2D eigenvalue weighted by molar-refractivity contribution is 9.09. The van der Waals surface area contributed by atoms with Crippen molar-refractivity contribution in [1.29, 1.82) is 0 Å². The Bertz CT molecular complexity index is 4620. The van der Waals surface area contributed by atoms with Crippen LogP contribution in [0.25, 0.3) is 0 Å². The van der Waals surface area contributed by atoms with E-state index in [1.807, 2.05) is 65.2 Å². The molecule has 0 saturated carbocycles. The summed E-state index contributed by atoms with van der Waals surface area (Å²) in [5.74, 6) is 1.31. The molecule has 11 saturated heterocycles. The van der Waals surface area contributed by atoms with Crippen LogP contribution in [0.4, 0.5) is 0 Å². The van der Waals surface area contributed by atoms with Gasteiger partial charge in [-0.1, -0.05) is 186 Å². The molecule has 11 aliphatic heterocycles. The Kier molecular flexibility index (Phi) is 45.8. The Balaban J connectivity index is 0.000000179. The SMILES string of the molecule is C=CCBr.CC1(C)OB(C(Cl)CCCBr)OC1(C)C.CC1(C)OB(C2CCCN2)OC1(C)C.CC1(C)OB(C2CCCN2C(=O)CBr)OC1(C)C.CC1(C)OB(C2CCCN2C(=O)CNCCC2c3ccccc3CCc3ccccc32)OC1(C)C.CC1(C)OB(C2CCCN2[Si](C)(C)C)OC1(C)C.CC1(C)OB(CCCBr)OC1(C)C.O=C(CNCCC1c2ccccc2CCc2ccccc21)N1CCCC1B(O)O. The number of aryl methyl sites for hydroxylation is 4. The highest BCUT2D eigenvalue weighted by Gasteiger charge is 2.61. The van der Waals surface area contributed by atoms with Gasteiger partial charge in [-0.2, -0.15) is 0 Å². The van der Waals surface area contributed by atoms with Crippen LogP contribution in [-0.4, -0.2) is 288 Å². The first-order valence-electron chi connectivity index (χ1n) is 54.4. The van der Waals surface area contributed by atoms with Crippen molar-refractivity contribution in [3.05, 3.63) is 154 Å². The Hall–Kier alpha value is -2.81. The number of nitrogens with zero attached hydrogens (tertiary/aromatic N) is 4. The summed E-state index contributed by atoms with van der Waals surface area (Å²) in [6.45, 7) is 67.2. The lowest BCUT2D eigenvalue weighted by molar-refractivity contribution is -0.131. The molecule has 0 bridgehead atoms. The summed E-state index contributed by atoms with van der Waals surface area (Å²) in [4.78, 5) is 43.0. The monoisotopic (exact) mass is 2310 g/mol. The second-order valence-corrected chi connectivity index (χ2v) is 56.7. The standard InChI is InChI=1S/C29H39BN2O3.C23H29BN2O3.C13H28BNO2Si.C12H21BBrNO3.C10H19BBrClO2.C10H20BNO2.C9H18BBrO2.C3H5Br/c1-28(2)29(3,4)35-30(34-28)26-14-9-19-32(26)27(33)20-31-18-17-25-23-12-7-5-10-21(23)15-16-22-11-6-8-13-24(22)25;27-23(26-15-5-10-22(26)24(28)29)16-25-14-13-21-19-8-3-1-6-17(19)11-12-18-7-2-4-9-20(18)21;1-12(2)13(3,4)17-14(16-12)11-9-8-10-15(11)18(5,6)7;1-11(2)12(3,4)18-13(17-11)9-6-5-7-15(9)10(16)8-14;1-9(2)10(3,4)15-11(14-9)8(13)6-5-7-12;1-9(2)10(3,4)14-11(13-9)8-6-5-7-12-8;1-8(2)9(3,4)13-10(12-8)6-5-7-11;1-2-3-4/h5-8,10-13,25-26,31H,9,14-20H2,1-4H3;1-4,6-9,21-22,25,28-29H,5,10-16H2;11H,8-10H2,1-7H3;9H,5-8H2,1-4H3;8H,5-7H2,1-4H3;8,12H,5-7H2,1-4H3;5-7H2,1-4H3;2H,1,3H2. The van der Waals surface area contributed by atoms with Gasteiger partial charge in [-0.05, 0) is 365 Å². The molecule has 6 unspecified atom stereocenters. The predicted molar refractivity (Wildman–Crippen MR) is 618 cm³/mol. The maximum absolute atomic E-state index is 13.2. The van der Waals surface area contributed by atoms with Crippen molar-refractivity contribution in [1.82, 2.24) is 35.2 Å². The number of carbonyl (C=O) groups is 3. The summed E-state index contributed by atoms with van der Waals surface area (Å²) in [5.41, 5.74) is 8.29. The molecule has 17 rings (SSSR count). The number of hydrogen-bond acceptors (Lipinski definition) is 21. The zero-order chi connectivity index (χ0) is 108. The zero-order valence-corrected chi connectivity index (χ0v) is 102. The first-order chi connectivity index (χ1) is 68.3. The average Bonchev–Trinajstić information content (AvgIpc) is 1.61. The molecule has 2 aliphatic carbocycles. The average molecular weight is 2320 g/mol. The van der Waals surface area contributed by atoms with E-state index in [2.05, 4.69) is 318 Å². The van der Waals surface area contributed by atoms with Crippen molar-refractivity contribution >= 4 is 151 Å². The number of amides is 3. The van der Waals surface area contributed by atoms with Crippen molar-refractivity contribution < 1.29 is 80.3 Å². The van der Waals surface area contributed by atoms with Gasteiger partial charge in [0.2, 0.25) is 17.7 Å². The van der Waals surface area contributed by atoms with Gasteiger partial charge in [-0.15, -0.1) is 18.2 Å². The second kappa shape index (κ2) is 53.5. The Labute approximate surface area is 922 Å². The molecule has 146 heavy (non-hydrogen) atoms. The van der Waals surface area contributed by atoms with Crippen LogP contribution in [0, 0.1) is 0 Å². The van der Waals surface area contributed by atoms with Crippen LogP contribution in [0.5, 0.6) is 0 Å². The first kappa shape index (κ1) is 125. The molecule has 13 aliphatic rings. The Morgan fingerprint density at radius 3 is 1.12 bits per heavy atom. The number of halogens is 5. The fourth-order valence-corrected chi connectivity index (χ4v) is 24.4. The van der Waals surface area contributed by atoms with Crippen LogP contribution in [0.3, 0.4) is 0 Å². The van der Waals surface area contributed by atoms with Crippen molar-refractivity contribution in [3.8, 4) is 0 Å². The van der Waals surface area contributed by atoms with Gasteiger partial charge < -0.3 is 101 Å². The summed E-state index contributed by atoms with van der Waals surface area (Å²) in [5, 5.41) is 32.3. The van der Waals surface area contributed by atoms with Gasteiger partial charge in [-0.25, -0.2) is 0 Å². The fourth-order valence-electron chi connectivity index (χ4n) is 21.1. The quantitative estimate of drug-likeness (QED) is 0.0179. The van der Waals surface area contributed by atoms with Crippen LogP contribution in [0.2, 0.25) is 26.0 Å². The summed E-state index contributed by atoms with van der Waals surface area (Å²) >= 11 is 19.4. The van der Waals surface area contributed by atoms with Crippen LogP contribution in [0.15, 0.2) is 110 Å².